The molecule has 0 spiro atoms. The summed E-state index contributed by atoms with van der Waals surface area (Å²) in [5.74, 6) is -0.890. The van der Waals surface area contributed by atoms with Gasteiger partial charge in [0.05, 0.1) is 22.0 Å². The Kier molecular flexibility index (Phi) is 6.26. The van der Waals surface area contributed by atoms with E-state index < -0.39 is 22.5 Å². The Morgan fingerprint density at radius 3 is 2.32 bits per heavy atom. The minimum Gasteiger partial charge on any atom is -0.350 e. The van der Waals surface area contributed by atoms with Crippen molar-refractivity contribution in [1.29, 1.82) is 0 Å². The Balaban J connectivity index is 2.10. The van der Waals surface area contributed by atoms with E-state index in [0.717, 1.165) is 10.6 Å². The summed E-state index contributed by atoms with van der Waals surface area (Å²) in [5, 5.41) is 3.05. The van der Waals surface area contributed by atoms with Gasteiger partial charge in [-0.2, -0.15) is 0 Å². The van der Waals surface area contributed by atoms with Crippen LogP contribution in [0, 0.1) is 5.82 Å². The average Bonchev–Trinajstić information content (AvgIpc) is 2.54. The van der Waals surface area contributed by atoms with Crippen molar-refractivity contribution >= 4 is 44.8 Å². The van der Waals surface area contributed by atoms with Crippen molar-refractivity contribution in [3.8, 4) is 0 Å². The van der Waals surface area contributed by atoms with Crippen LogP contribution in [0.3, 0.4) is 0 Å². The number of anilines is 1. The van der Waals surface area contributed by atoms with E-state index in [0.29, 0.717) is 5.56 Å². The molecule has 0 fully saturated rings. The summed E-state index contributed by atoms with van der Waals surface area (Å²) >= 11 is 11.7. The first-order chi connectivity index (χ1) is 11.7. The monoisotopic (exact) mass is 404 g/mol. The van der Waals surface area contributed by atoms with Gasteiger partial charge >= 0.3 is 0 Å². The van der Waals surface area contributed by atoms with Crippen LogP contribution in [-0.2, 0) is 21.4 Å². The molecule has 0 unspecified atom stereocenters. The molecule has 2 aromatic rings. The number of carbonyl (C=O) groups excluding carboxylic acids is 1. The number of amides is 1. The lowest BCUT2D eigenvalue weighted by atomic mass is 10.2. The van der Waals surface area contributed by atoms with Crippen LogP contribution < -0.4 is 9.62 Å². The lowest BCUT2D eigenvalue weighted by Crippen LogP contribution is -2.40. The molecule has 134 valence electrons. The smallest absolute Gasteiger partial charge is 0.241 e. The zero-order chi connectivity index (χ0) is 18.6. The normalized spacial score (nSPS) is 11.2. The second kappa shape index (κ2) is 8.03. The maximum atomic E-state index is 12.9. The number of halogens is 3. The SMILES string of the molecule is CS(=O)(=O)N(CC(=O)NCc1ccc(F)cc1)c1ccc(Cl)c(Cl)c1. The Labute approximate surface area is 155 Å². The number of nitrogens with one attached hydrogen (secondary N) is 1. The van der Waals surface area contributed by atoms with Crippen molar-refractivity contribution in [2.75, 3.05) is 17.1 Å². The number of nitrogens with zero attached hydrogens (tertiary/aromatic N) is 1. The standard InChI is InChI=1S/C16H15Cl2FN2O3S/c1-25(23,24)21(13-6-7-14(17)15(18)8-13)10-16(22)20-9-11-2-4-12(19)5-3-11/h2-8H,9-10H2,1H3,(H,20,22). The van der Waals surface area contributed by atoms with E-state index in [1.807, 2.05) is 0 Å². The summed E-state index contributed by atoms with van der Waals surface area (Å²) in [5.41, 5.74) is 0.920. The summed E-state index contributed by atoms with van der Waals surface area (Å²) in [7, 11) is -3.71. The fourth-order valence-electron chi connectivity index (χ4n) is 2.03. The van der Waals surface area contributed by atoms with Gasteiger partial charge in [-0.3, -0.25) is 9.10 Å². The second-order valence-electron chi connectivity index (χ2n) is 5.27. The first kappa shape index (κ1) is 19.5. The number of sulfonamides is 1. The van der Waals surface area contributed by atoms with Gasteiger partial charge in [-0.05, 0) is 35.9 Å². The molecule has 0 atom stereocenters. The summed E-state index contributed by atoms with van der Waals surface area (Å²) in [6.45, 7) is -0.268. The molecule has 1 N–H and O–H groups in total. The maximum absolute atomic E-state index is 12.9. The first-order valence-electron chi connectivity index (χ1n) is 7.11. The number of hydrogen-bond acceptors (Lipinski definition) is 3. The molecule has 5 nitrogen and oxygen atoms in total. The van der Waals surface area contributed by atoms with Gasteiger partial charge in [-0.1, -0.05) is 35.3 Å². The Bertz CT molecular complexity index is 873. The molecule has 2 aromatic carbocycles. The number of benzene rings is 2. The van der Waals surface area contributed by atoms with Crippen LogP contribution in [0.1, 0.15) is 5.56 Å². The van der Waals surface area contributed by atoms with Crippen molar-refractivity contribution in [3.05, 3.63) is 63.9 Å². The summed E-state index contributed by atoms with van der Waals surface area (Å²) < 4.78 is 37.8. The van der Waals surface area contributed by atoms with Crippen LogP contribution >= 0.6 is 23.2 Å². The van der Waals surface area contributed by atoms with E-state index in [1.54, 1.807) is 0 Å². The minimum absolute atomic E-state index is 0.151. The molecule has 0 radical (unpaired) electrons. The van der Waals surface area contributed by atoms with E-state index in [4.69, 9.17) is 23.2 Å². The third-order valence-corrected chi connectivity index (χ3v) is 5.16. The molecule has 0 heterocycles. The molecule has 1 amide bonds. The van der Waals surface area contributed by atoms with Crippen molar-refractivity contribution in [3.63, 3.8) is 0 Å². The highest BCUT2D eigenvalue weighted by Crippen LogP contribution is 2.28. The van der Waals surface area contributed by atoms with Gasteiger partial charge in [0, 0.05) is 6.54 Å². The highest BCUT2D eigenvalue weighted by Gasteiger charge is 2.21. The number of hydrogen-bond donors (Lipinski definition) is 1. The zero-order valence-corrected chi connectivity index (χ0v) is 15.5. The Morgan fingerprint density at radius 2 is 1.76 bits per heavy atom. The average molecular weight is 405 g/mol. The molecule has 9 heteroatoms. The van der Waals surface area contributed by atoms with Crippen LogP contribution in [0.25, 0.3) is 0 Å². The fraction of sp³-hybridized carbons (Fsp3) is 0.188. The van der Waals surface area contributed by atoms with Gasteiger partial charge in [0.25, 0.3) is 0 Å². The summed E-state index contributed by atoms with van der Waals surface area (Å²) in [4.78, 5) is 12.1. The van der Waals surface area contributed by atoms with Crippen molar-refractivity contribution in [1.82, 2.24) is 5.32 Å². The molecular weight excluding hydrogens is 390 g/mol. The Morgan fingerprint density at radius 1 is 1.12 bits per heavy atom. The quantitative estimate of drug-likeness (QED) is 0.803. The largest absolute Gasteiger partial charge is 0.350 e. The summed E-state index contributed by atoms with van der Waals surface area (Å²) in [6, 6.07) is 9.90. The van der Waals surface area contributed by atoms with E-state index in [-0.39, 0.29) is 28.1 Å². The molecule has 0 saturated carbocycles. The third-order valence-electron chi connectivity index (χ3n) is 3.28. The minimum atomic E-state index is -3.71. The summed E-state index contributed by atoms with van der Waals surface area (Å²) in [6.07, 6.45) is 0.989. The highest BCUT2D eigenvalue weighted by molar-refractivity contribution is 7.92. The predicted octanol–water partition coefficient (Wildman–Crippen LogP) is 3.21. The predicted molar refractivity (Wildman–Crippen MR) is 96.9 cm³/mol. The number of carbonyl (C=O) groups is 1. The molecule has 0 saturated heterocycles. The van der Waals surface area contributed by atoms with Crippen LogP contribution in [0.2, 0.25) is 10.0 Å². The maximum Gasteiger partial charge on any atom is 0.241 e. The molecular formula is C16H15Cl2FN2O3S. The van der Waals surface area contributed by atoms with Crippen LogP contribution in [-0.4, -0.2) is 27.1 Å². The van der Waals surface area contributed by atoms with Gasteiger partial charge in [0.15, 0.2) is 0 Å². The third kappa shape index (κ3) is 5.59. The fourth-order valence-corrected chi connectivity index (χ4v) is 3.17. The molecule has 0 aromatic heterocycles. The van der Waals surface area contributed by atoms with Gasteiger partial charge in [-0.15, -0.1) is 0 Å². The van der Waals surface area contributed by atoms with E-state index in [1.165, 1.54) is 42.5 Å². The molecule has 0 aliphatic carbocycles. The lowest BCUT2D eigenvalue weighted by molar-refractivity contribution is -0.119. The topological polar surface area (TPSA) is 66.5 Å². The van der Waals surface area contributed by atoms with E-state index in [2.05, 4.69) is 5.32 Å². The first-order valence-corrected chi connectivity index (χ1v) is 9.71. The van der Waals surface area contributed by atoms with Crippen molar-refractivity contribution < 1.29 is 17.6 Å². The number of rotatable bonds is 6. The molecule has 25 heavy (non-hydrogen) atoms. The van der Waals surface area contributed by atoms with Crippen LogP contribution in [0.4, 0.5) is 10.1 Å². The zero-order valence-electron chi connectivity index (χ0n) is 13.2. The van der Waals surface area contributed by atoms with Gasteiger partial charge in [0.1, 0.15) is 12.4 Å². The van der Waals surface area contributed by atoms with Crippen LogP contribution in [0.5, 0.6) is 0 Å². The highest BCUT2D eigenvalue weighted by atomic mass is 35.5. The lowest BCUT2D eigenvalue weighted by Gasteiger charge is -2.22. The van der Waals surface area contributed by atoms with Gasteiger partial charge in [0.2, 0.25) is 15.9 Å². The molecule has 0 aliphatic heterocycles. The molecule has 2 rings (SSSR count). The molecule has 0 aliphatic rings. The Hall–Kier alpha value is -1.83. The van der Waals surface area contributed by atoms with Crippen molar-refractivity contribution in [2.45, 2.75) is 6.54 Å². The van der Waals surface area contributed by atoms with E-state index in [9.17, 15) is 17.6 Å². The van der Waals surface area contributed by atoms with E-state index >= 15 is 0 Å². The van der Waals surface area contributed by atoms with Crippen LogP contribution in [0.15, 0.2) is 42.5 Å². The van der Waals surface area contributed by atoms with Gasteiger partial charge < -0.3 is 5.32 Å². The molecule has 0 bridgehead atoms. The van der Waals surface area contributed by atoms with Gasteiger partial charge in [-0.25, -0.2) is 12.8 Å². The van der Waals surface area contributed by atoms with Crippen molar-refractivity contribution in [2.24, 2.45) is 0 Å². The second-order valence-corrected chi connectivity index (χ2v) is 7.99.